The molecule has 0 saturated carbocycles. The second-order valence-corrected chi connectivity index (χ2v) is 11.1. The lowest BCUT2D eigenvalue weighted by molar-refractivity contribution is 0.668. The Labute approximate surface area is 213 Å². The molecular weight excluding hydrogens is 452 g/mol. The average Bonchev–Trinajstić information content (AvgIpc) is 3.50. The molecule has 4 aromatic heterocycles. The number of unbranched alkanes of at least 4 members (excludes halogenated alkanes) is 6. The molecule has 4 aromatic rings. The molecular formula is C30H36N2S2. The van der Waals surface area contributed by atoms with Crippen molar-refractivity contribution in [2.45, 2.75) is 78.1 Å². The van der Waals surface area contributed by atoms with Gasteiger partial charge < -0.3 is 0 Å². The second kappa shape index (κ2) is 13.0. The van der Waals surface area contributed by atoms with Gasteiger partial charge in [0.1, 0.15) is 0 Å². The van der Waals surface area contributed by atoms with Gasteiger partial charge in [-0.05, 0) is 84.3 Å². The molecule has 0 fully saturated rings. The molecule has 34 heavy (non-hydrogen) atoms. The van der Waals surface area contributed by atoms with Crippen LogP contribution in [-0.4, -0.2) is 9.97 Å². The average molecular weight is 489 g/mol. The third kappa shape index (κ3) is 6.43. The highest BCUT2D eigenvalue weighted by Gasteiger charge is 2.17. The van der Waals surface area contributed by atoms with Crippen molar-refractivity contribution in [3.63, 3.8) is 0 Å². The van der Waals surface area contributed by atoms with E-state index >= 15 is 0 Å². The predicted octanol–water partition coefficient (Wildman–Crippen LogP) is 9.85. The van der Waals surface area contributed by atoms with E-state index < -0.39 is 0 Å². The molecule has 0 aliphatic carbocycles. The number of aromatic nitrogens is 2. The Balaban J connectivity index is 1.67. The smallest absolute Gasteiger partial charge is 0.0452 e. The number of nitrogens with zero attached hydrogens (tertiary/aromatic N) is 2. The monoisotopic (exact) mass is 488 g/mol. The van der Waals surface area contributed by atoms with Crippen molar-refractivity contribution in [1.29, 1.82) is 0 Å². The van der Waals surface area contributed by atoms with Crippen LogP contribution in [0, 0.1) is 0 Å². The normalized spacial score (nSPS) is 11.2. The maximum absolute atomic E-state index is 4.24. The van der Waals surface area contributed by atoms with Crippen molar-refractivity contribution in [1.82, 2.24) is 9.97 Å². The predicted molar refractivity (Wildman–Crippen MR) is 150 cm³/mol. The number of hydrogen-bond acceptors (Lipinski definition) is 4. The van der Waals surface area contributed by atoms with E-state index in [1.807, 2.05) is 47.5 Å². The van der Waals surface area contributed by atoms with Crippen molar-refractivity contribution in [2.75, 3.05) is 0 Å². The van der Waals surface area contributed by atoms with Crippen LogP contribution in [0.5, 0.6) is 0 Å². The van der Waals surface area contributed by atoms with E-state index in [0.717, 1.165) is 12.8 Å². The molecule has 178 valence electrons. The first-order valence-electron chi connectivity index (χ1n) is 12.9. The van der Waals surface area contributed by atoms with Gasteiger partial charge in [0.05, 0.1) is 0 Å². The summed E-state index contributed by atoms with van der Waals surface area (Å²) in [6.07, 6.45) is 20.3. The number of rotatable bonds is 13. The molecule has 0 atom stereocenters. The van der Waals surface area contributed by atoms with Crippen LogP contribution < -0.4 is 0 Å². The van der Waals surface area contributed by atoms with E-state index in [-0.39, 0.29) is 0 Å². The van der Waals surface area contributed by atoms with Gasteiger partial charge in [0.25, 0.3) is 0 Å². The molecule has 0 amide bonds. The highest BCUT2D eigenvalue weighted by Crippen LogP contribution is 2.45. The van der Waals surface area contributed by atoms with Crippen molar-refractivity contribution < 1.29 is 0 Å². The SMILES string of the molecule is CCCCCCc1cc(-c2cc(CCCCCC)c(-c3ccncc3)s2)sc1-c1ccncc1. The number of aryl methyl sites for hydroxylation is 2. The molecule has 0 aromatic carbocycles. The number of hydrogen-bond donors (Lipinski definition) is 0. The van der Waals surface area contributed by atoms with Gasteiger partial charge in [-0.1, -0.05) is 52.4 Å². The fourth-order valence-electron chi connectivity index (χ4n) is 4.45. The van der Waals surface area contributed by atoms with E-state index in [9.17, 15) is 0 Å². The molecule has 0 aliphatic heterocycles. The summed E-state index contributed by atoms with van der Waals surface area (Å²) in [4.78, 5) is 14.1. The first kappa shape index (κ1) is 24.8. The van der Waals surface area contributed by atoms with Crippen LogP contribution in [0.15, 0.2) is 61.2 Å². The summed E-state index contributed by atoms with van der Waals surface area (Å²) in [6.45, 7) is 4.56. The van der Waals surface area contributed by atoms with Crippen LogP contribution in [0.1, 0.15) is 76.3 Å². The van der Waals surface area contributed by atoms with Gasteiger partial charge in [0.15, 0.2) is 0 Å². The summed E-state index contributed by atoms with van der Waals surface area (Å²) in [6, 6.07) is 13.6. The third-order valence-corrected chi connectivity index (χ3v) is 8.99. The molecule has 0 bridgehead atoms. The molecule has 4 heteroatoms. The summed E-state index contributed by atoms with van der Waals surface area (Å²) in [5.41, 5.74) is 5.57. The fraction of sp³-hybridized carbons (Fsp3) is 0.400. The zero-order chi connectivity index (χ0) is 23.6. The molecule has 0 aliphatic rings. The Kier molecular flexibility index (Phi) is 9.46. The molecule has 4 rings (SSSR count). The lowest BCUT2D eigenvalue weighted by Gasteiger charge is -2.03. The molecule has 4 heterocycles. The Morgan fingerprint density at radius 3 is 1.35 bits per heavy atom. The van der Waals surface area contributed by atoms with Gasteiger partial charge in [-0.2, -0.15) is 0 Å². The highest BCUT2D eigenvalue weighted by atomic mass is 32.1. The summed E-state index contributed by atoms with van der Waals surface area (Å²) in [5.74, 6) is 0. The minimum atomic E-state index is 1.15. The summed E-state index contributed by atoms with van der Waals surface area (Å²) in [5, 5.41) is 0. The van der Waals surface area contributed by atoms with Gasteiger partial charge in [-0.3, -0.25) is 9.97 Å². The van der Waals surface area contributed by atoms with Gasteiger partial charge in [-0.25, -0.2) is 0 Å². The van der Waals surface area contributed by atoms with Gasteiger partial charge in [0.2, 0.25) is 0 Å². The molecule has 2 nitrogen and oxygen atoms in total. The van der Waals surface area contributed by atoms with E-state index in [0.29, 0.717) is 0 Å². The summed E-state index contributed by atoms with van der Waals surface area (Å²) < 4.78 is 0. The van der Waals surface area contributed by atoms with Crippen LogP contribution in [0.25, 0.3) is 30.6 Å². The van der Waals surface area contributed by atoms with Crippen LogP contribution >= 0.6 is 22.7 Å². The zero-order valence-electron chi connectivity index (χ0n) is 20.6. The fourth-order valence-corrected chi connectivity index (χ4v) is 6.95. The minimum absolute atomic E-state index is 1.15. The van der Waals surface area contributed by atoms with Crippen molar-refractivity contribution in [3.05, 3.63) is 72.3 Å². The Bertz CT molecular complexity index is 1040. The van der Waals surface area contributed by atoms with Gasteiger partial charge in [-0.15, -0.1) is 22.7 Å². The highest BCUT2D eigenvalue weighted by molar-refractivity contribution is 7.25. The first-order chi connectivity index (χ1) is 16.8. The molecule has 0 radical (unpaired) electrons. The molecule has 0 saturated heterocycles. The summed E-state index contributed by atoms with van der Waals surface area (Å²) >= 11 is 3.90. The van der Waals surface area contributed by atoms with Crippen LogP contribution in [0.4, 0.5) is 0 Å². The zero-order valence-corrected chi connectivity index (χ0v) is 22.2. The van der Waals surface area contributed by atoms with Crippen LogP contribution in [0.2, 0.25) is 0 Å². The molecule has 0 spiro atoms. The van der Waals surface area contributed by atoms with E-state index in [4.69, 9.17) is 0 Å². The minimum Gasteiger partial charge on any atom is -0.265 e. The van der Waals surface area contributed by atoms with E-state index in [1.165, 1.54) is 93.1 Å². The summed E-state index contributed by atoms with van der Waals surface area (Å²) in [7, 11) is 0. The number of pyridine rings is 2. The van der Waals surface area contributed by atoms with Crippen LogP contribution in [-0.2, 0) is 12.8 Å². The number of thiophene rings is 2. The molecule has 0 N–H and O–H groups in total. The van der Waals surface area contributed by atoms with Crippen molar-refractivity contribution in [3.8, 4) is 30.6 Å². The van der Waals surface area contributed by atoms with E-state index in [1.54, 1.807) is 0 Å². The van der Waals surface area contributed by atoms with Crippen molar-refractivity contribution in [2.24, 2.45) is 0 Å². The third-order valence-electron chi connectivity index (χ3n) is 6.35. The largest absolute Gasteiger partial charge is 0.265 e. The van der Waals surface area contributed by atoms with Gasteiger partial charge in [0, 0.05) is 44.3 Å². The Hall–Kier alpha value is -2.30. The second-order valence-electron chi connectivity index (χ2n) is 9.02. The van der Waals surface area contributed by atoms with Gasteiger partial charge >= 0.3 is 0 Å². The molecule has 0 unspecified atom stereocenters. The Morgan fingerprint density at radius 2 is 0.971 bits per heavy atom. The quantitative estimate of drug-likeness (QED) is 0.175. The van der Waals surface area contributed by atoms with Crippen molar-refractivity contribution >= 4 is 22.7 Å². The topological polar surface area (TPSA) is 25.8 Å². The first-order valence-corrected chi connectivity index (χ1v) is 14.5. The lowest BCUT2D eigenvalue weighted by atomic mass is 10.0. The Morgan fingerprint density at radius 1 is 0.559 bits per heavy atom. The van der Waals surface area contributed by atoms with E-state index in [2.05, 4.69) is 60.2 Å². The maximum Gasteiger partial charge on any atom is 0.0452 e. The standard InChI is InChI=1S/C30H36N2S2/c1-3-5-7-9-11-25-21-27(33-29(25)23-13-17-31-18-14-23)28-22-26(12-10-8-6-4-2)30(34-28)24-15-19-32-20-16-24/h13-22H,3-12H2,1-2H3. The maximum atomic E-state index is 4.24. The van der Waals surface area contributed by atoms with Crippen LogP contribution in [0.3, 0.4) is 0 Å². The lowest BCUT2D eigenvalue weighted by Crippen LogP contribution is -1.86.